The van der Waals surface area contributed by atoms with Crippen LogP contribution in [-0.4, -0.2) is 78.9 Å². The number of halogens is 1. The quantitative estimate of drug-likeness (QED) is 0.291. The zero-order chi connectivity index (χ0) is 31.8. The van der Waals surface area contributed by atoms with Crippen molar-refractivity contribution in [1.29, 1.82) is 0 Å². The Morgan fingerprint density at radius 1 is 1.05 bits per heavy atom. The molecule has 1 aliphatic heterocycles. The minimum atomic E-state index is -0.533. The Morgan fingerprint density at radius 2 is 1.66 bits per heavy atom. The number of aliphatic hydroxyl groups excluding tert-OH is 1. The lowest BCUT2D eigenvalue weighted by Gasteiger charge is -2.34. The topological polar surface area (TPSA) is 132 Å². The number of fused-ring (bicyclic) bond motifs is 1. The van der Waals surface area contributed by atoms with Gasteiger partial charge >= 0.3 is 12.1 Å². The molecule has 0 saturated carbocycles. The predicted molar refractivity (Wildman–Crippen MR) is 166 cm³/mol. The first kappa shape index (κ1) is 32.1. The molecule has 0 spiro atoms. The normalized spacial score (nSPS) is 17.1. The van der Waals surface area contributed by atoms with Gasteiger partial charge in [0, 0.05) is 42.1 Å². The number of anilines is 3. The summed E-state index contributed by atoms with van der Waals surface area (Å²) < 4.78 is 24.9. The van der Waals surface area contributed by atoms with Crippen molar-refractivity contribution in [2.75, 3.05) is 49.8 Å². The number of methoxy groups -OCH3 is 1. The molecule has 0 aliphatic carbocycles. The molecular formula is C32H38FN5O6. The van der Waals surface area contributed by atoms with Gasteiger partial charge in [0.15, 0.2) is 0 Å². The van der Waals surface area contributed by atoms with Crippen molar-refractivity contribution in [1.82, 2.24) is 9.80 Å². The number of hydrogen-bond donors (Lipinski definition) is 4. The third kappa shape index (κ3) is 8.38. The Balaban J connectivity index is 1.54. The van der Waals surface area contributed by atoms with Gasteiger partial charge in [-0.1, -0.05) is 6.92 Å². The number of urea groups is 2. The van der Waals surface area contributed by atoms with Crippen LogP contribution >= 0.6 is 0 Å². The van der Waals surface area contributed by atoms with Gasteiger partial charge in [-0.2, -0.15) is 0 Å². The molecule has 11 nitrogen and oxygen atoms in total. The molecule has 4 rings (SSSR count). The monoisotopic (exact) mass is 607 g/mol. The molecule has 1 heterocycles. The van der Waals surface area contributed by atoms with E-state index in [1.165, 1.54) is 29.2 Å². The highest BCUT2D eigenvalue weighted by molar-refractivity contribution is 6.00. The van der Waals surface area contributed by atoms with Gasteiger partial charge in [-0.15, -0.1) is 0 Å². The Hall–Kier alpha value is -4.84. The molecule has 0 aromatic heterocycles. The van der Waals surface area contributed by atoms with Gasteiger partial charge in [-0.05, 0) is 73.7 Å². The minimum absolute atomic E-state index is 0.0182. The standard InChI is InChI=1S/C32H38FN5O6/c1-20-17-38(21(2)19-39)30(40)16-22-15-26(35-31(41)34-24-9-12-27(43-4)13-10-24)11-14-28(22)44-29(20)18-37(3)32(42)36-25-7-5-23(33)6-8-25/h5-15,20-21,29,39H,16-19H2,1-4H3,(H,36,42)(H2,34,35,41)/t20-,21+,29-/m0/s1. The predicted octanol–water partition coefficient (Wildman–Crippen LogP) is 4.79. The maximum Gasteiger partial charge on any atom is 0.323 e. The Kier molecular flexibility index (Phi) is 10.6. The van der Waals surface area contributed by atoms with E-state index in [0.717, 1.165) is 0 Å². The second-order valence-corrected chi connectivity index (χ2v) is 10.8. The van der Waals surface area contributed by atoms with Crippen molar-refractivity contribution in [3.63, 3.8) is 0 Å². The molecule has 3 aromatic rings. The summed E-state index contributed by atoms with van der Waals surface area (Å²) in [5.74, 6) is 0.270. The van der Waals surface area contributed by atoms with Crippen molar-refractivity contribution >= 4 is 35.0 Å². The van der Waals surface area contributed by atoms with Crippen LogP contribution in [0, 0.1) is 11.7 Å². The third-order valence-corrected chi connectivity index (χ3v) is 7.42. The van der Waals surface area contributed by atoms with Gasteiger partial charge in [-0.3, -0.25) is 4.79 Å². The fourth-order valence-corrected chi connectivity index (χ4v) is 4.80. The van der Waals surface area contributed by atoms with Gasteiger partial charge in [0.05, 0.1) is 32.7 Å². The lowest BCUT2D eigenvalue weighted by atomic mass is 10.0. The SMILES string of the molecule is COc1ccc(NC(=O)Nc2ccc3c(c2)CC(=O)N([C@H](C)CO)C[C@H](C)[C@H](CN(C)C(=O)Nc2ccc(F)cc2)O3)cc1. The molecule has 0 radical (unpaired) electrons. The van der Waals surface area contributed by atoms with E-state index in [1.54, 1.807) is 68.4 Å². The Morgan fingerprint density at radius 3 is 2.32 bits per heavy atom. The highest BCUT2D eigenvalue weighted by Crippen LogP contribution is 2.29. The maximum atomic E-state index is 13.5. The first-order valence-corrected chi connectivity index (χ1v) is 14.3. The summed E-state index contributed by atoms with van der Waals surface area (Å²) in [5, 5.41) is 18.2. The summed E-state index contributed by atoms with van der Waals surface area (Å²) in [7, 11) is 3.18. The smallest absolute Gasteiger partial charge is 0.323 e. The molecule has 3 atom stereocenters. The lowest BCUT2D eigenvalue weighted by Crippen LogP contribution is -2.48. The molecule has 4 N–H and O–H groups in total. The van der Waals surface area contributed by atoms with E-state index in [-0.39, 0.29) is 31.4 Å². The number of aliphatic hydroxyl groups is 1. The van der Waals surface area contributed by atoms with Crippen LogP contribution in [0.5, 0.6) is 11.5 Å². The van der Waals surface area contributed by atoms with E-state index in [2.05, 4.69) is 16.0 Å². The van der Waals surface area contributed by atoms with Crippen molar-refractivity contribution < 1.29 is 33.4 Å². The number of ether oxygens (including phenoxy) is 2. The molecule has 5 amide bonds. The lowest BCUT2D eigenvalue weighted by molar-refractivity contribution is -0.134. The van der Waals surface area contributed by atoms with Crippen molar-refractivity contribution in [2.24, 2.45) is 5.92 Å². The Bertz CT molecular complexity index is 1450. The van der Waals surface area contributed by atoms with Crippen LogP contribution in [-0.2, 0) is 11.2 Å². The van der Waals surface area contributed by atoms with Crippen molar-refractivity contribution in [3.8, 4) is 11.5 Å². The molecule has 44 heavy (non-hydrogen) atoms. The number of likely N-dealkylation sites (N-methyl/N-ethyl adjacent to an activating group) is 1. The average Bonchev–Trinajstić information content (AvgIpc) is 3.05. The van der Waals surface area contributed by atoms with Crippen LogP contribution in [0.15, 0.2) is 66.7 Å². The van der Waals surface area contributed by atoms with Crippen molar-refractivity contribution in [2.45, 2.75) is 32.4 Å². The van der Waals surface area contributed by atoms with Gasteiger partial charge in [0.25, 0.3) is 0 Å². The molecule has 0 unspecified atom stereocenters. The largest absolute Gasteiger partial charge is 0.497 e. The number of hydrogen-bond acceptors (Lipinski definition) is 6. The molecule has 0 fully saturated rings. The minimum Gasteiger partial charge on any atom is -0.497 e. The van der Waals surface area contributed by atoms with Gasteiger partial charge < -0.3 is 40.3 Å². The zero-order valence-electron chi connectivity index (χ0n) is 25.2. The number of amides is 5. The van der Waals surface area contributed by atoms with E-state index in [0.29, 0.717) is 40.7 Å². The third-order valence-electron chi connectivity index (χ3n) is 7.42. The molecular weight excluding hydrogens is 569 g/mol. The highest BCUT2D eigenvalue weighted by Gasteiger charge is 2.32. The summed E-state index contributed by atoms with van der Waals surface area (Å²) in [5.41, 5.74) is 2.02. The summed E-state index contributed by atoms with van der Waals surface area (Å²) in [4.78, 5) is 42.2. The Labute approximate surface area is 255 Å². The molecule has 12 heteroatoms. The number of benzene rings is 3. The van der Waals surface area contributed by atoms with Gasteiger partial charge in [-0.25, -0.2) is 14.0 Å². The van der Waals surface area contributed by atoms with Crippen LogP contribution in [0.3, 0.4) is 0 Å². The molecule has 234 valence electrons. The number of carbonyl (C=O) groups excluding carboxylic acids is 3. The van der Waals surface area contributed by atoms with E-state index in [9.17, 15) is 23.9 Å². The molecule has 0 saturated heterocycles. The number of rotatable bonds is 8. The van der Waals surface area contributed by atoms with E-state index in [1.807, 2.05) is 6.92 Å². The fourth-order valence-electron chi connectivity index (χ4n) is 4.80. The first-order valence-electron chi connectivity index (χ1n) is 14.3. The van der Waals surface area contributed by atoms with E-state index < -0.39 is 30.0 Å². The molecule has 3 aromatic carbocycles. The average molecular weight is 608 g/mol. The van der Waals surface area contributed by atoms with Crippen LogP contribution in [0.1, 0.15) is 19.4 Å². The summed E-state index contributed by atoms with van der Waals surface area (Å²) >= 11 is 0. The highest BCUT2D eigenvalue weighted by atomic mass is 19.1. The first-order chi connectivity index (χ1) is 21.1. The molecule has 1 aliphatic rings. The van der Waals surface area contributed by atoms with E-state index in [4.69, 9.17) is 9.47 Å². The van der Waals surface area contributed by atoms with Crippen LogP contribution in [0.2, 0.25) is 0 Å². The van der Waals surface area contributed by atoms with Crippen LogP contribution in [0.25, 0.3) is 0 Å². The van der Waals surface area contributed by atoms with Crippen LogP contribution in [0.4, 0.5) is 31.0 Å². The number of nitrogens with zero attached hydrogens (tertiary/aromatic N) is 2. The second-order valence-electron chi connectivity index (χ2n) is 10.8. The zero-order valence-corrected chi connectivity index (χ0v) is 25.2. The van der Waals surface area contributed by atoms with Crippen LogP contribution < -0.4 is 25.4 Å². The van der Waals surface area contributed by atoms with E-state index >= 15 is 0 Å². The fraction of sp³-hybridized carbons (Fsp3) is 0.344. The second kappa shape index (κ2) is 14.6. The maximum absolute atomic E-state index is 13.5. The summed E-state index contributed by atoms with van der Waals surface area (Å²) in [6.07, 6.45) is -0.551. The van der Waals surface area contributed by atoms with Gasteiger partial charge in [0.1, 0.15) is 23.4 Å². The summed E-state index contributed by atoms with van der Waals surface area (Å²) in [6.45, 7) is 3.94. The number of carbonyl (C=O) groups is 3. The number of nitrogens with one attached hydrogen (secondary N) is 3. The molecule has 0 bridgehead atoms. The van der Waals surface area contributed by atoms with Gasteiger partial charge in [0.2, 0.25) is 5.91 Å². The summed E-state index contributed by atoms with van der Waals surface area (Å²) in [6, 6.07) is 16.1. The van der Waals surface area contributed by atoms with Crippen molar-refractivity contribution in [3.05, 3.63) is 78.1 Å².